The van der Waals surface area contributed by atoms with Crippen molar-refractivity contribution in [2.75, 3.05) is 13.1 Å². The van der Waals surface area contributed by atoms with E-state index in [0.717, 1.165) is 35.3 Å². The van der Waals surface area contributed by atoms with Gasteiger partial charge >= 0.3 is 5.97 Å². The lowest BCUT2D eigenvalue weighted by atomic mass is 9.91. The predicted octanol–water partition coefficient (Wildman–Crippen LogP) is 5.50. The van der Waals surface area contributed by atoms with E-state index in [9.17, 15) is 19.1 Å². The number of benzene rings is 3. The summed E-state index contributed by atoms with van der Waals surface area (Å²) in [7, 11) is 0. The van der Waals surface area contributed by atoms with Crippen LogP contribution >= 0.6 is 11.6 Å². The zero-order chi connectivity index (χ0) is 25.7. The molecule has 0 aromatic heterocycles. The first kappa shape index (κ1) is 25.7. The third-order valence-electron chi connectivity index (χ3n) is 6.45. The molecule has 1 amide bonds. The number of carbonyl (C=O) groups excluding carboxylic acids is 1. The van der Waals surface area contributed by atoms with E-state index in [2.05, 4.69) is 13.0 Å². The lowest BCUT2D eigenvalue weighted by molar-refractivity contribution is -0.144. The number of carbonyl (C=O) groups is 2. The number of fused-ring (bicyclic) bond motifs is 1. The van der Waals surface area contributed by atoms with Gasteiger partial charge in [-0.05, 0) is 66.3 Å². The summed E-state index contributed by atoms with van der Waals surface area (Å²) in [6, 6.07) is 20.0. The monoisotopic (exact) mass is 509 g/mol. The summed E-state index contributed by atoms with van der Waals surface area (Å²) in [6.45, 7) is 1.83. The van der Waals surface area contributed by atoms with Crippen molar-refractivity contribution in [2.24, 2.45) is 0 Å². The smallest absolute Gasteiger partial charge is 0.323 e. The number of aryl methyl sites for hydroxylation is 1. The highest BCUT2D eigenvalue weighted by Gasteiger charge is 2.35. The highest BCUT2D eigenvalue weighted by Crippen LogP contribution is 2.37. The Morgan fingerprint density at radius 2 is 1.78 bits per heavy atom. The van der Waals surface area contributed by atoms with Crippen molar-refractivity contribution in [2.45, 2.75) is 44.6 Å². The molecule has 0 unspecified atom stereocenters. The summed E-state index contributed by atoms with van der Waals surface area (Å²) >= 11 is 6.00. The second-order valence-electron chi connectivity index (χ2n) is 9.52. The fraction of sp³-hybridized carbons (Fsp3) is 0.310. The Kier molecular flexibility index (Phi) is 7.94. The molecule has 1 N–H and O–H groups in total. The van der Waals surface area contributed by atoms with Gasteiger partial charge < -0.3 is 14.7 Å². The van der Waals surface area contributed by atoms with Crippen LogP contribution in [0.2, 0.25) is 5.02 Å². The standard InChI is InChI=1S/C29H29ClFNO4/c1-29(17-21-6-10-24(30)11-7-21)18-23-16-20(8-12-26(23)36-29)9-13-27(33)32(19-28(34)35)15-14-22-4-2-3-5-25(22)31/h2-8,10-12,16H,9,13-15,17-19H2,1H3,(H,34,35)/t29-/m0/s1. The molecule has 1 aliphatic rings. The molecule has 3 aromatic carbocycles. The fourth-order valence-corrected chi connectivity index (χ4v) is 4.81. The molecule has 7 heteroatoms. The van der Waals surface area contributed by atoms with Crippen molar-refractivity contribution in [1.29, 1.82) is 0 Å². The third-order valence-corrected chi connectivity index (χ3v) is 6.70. The van der Waals surface area contributed by atoms with Crippen LogP contribution in [0.1, 0.15) is 35.6 Å². The molecule has 3 aromatic rings. The van der Waals surface area contributed by atoms with Crippen LogP contribution in [0, 0.1) is 5.82 Å². The first-order valence-corrected chi connectivity index (χ1v) is 12.4. The van der Waals surface area contributed by atoms with Crippen LogP contribution in [0.3, 0.4) is 0 Å². The molecule has 1 atom stereocenters. The number of ether oxygens (including phenoxy) is 1. The Morgan fingerprint density at radius 1 is 1.06 bits per heavy atom. The molecule has 0 radical (unpaired) electrons. The minimum absolute atomic E-state index is 0.146. The summed E-state index contributed by atoms with van der Waals surface area (Å²) in [5.74, 6) is -0.868. The summed E-state index contributed by atoms with van der Waals surface area (Å²) < 4.78 is 20.2. The Bertz CT molecular complexity index is 1250. The van der Waals surface area contributed by atoms with Gasteiger partial charge in [0.15, 0.2) is 0 Å². The van der Waals surface area contributed by atoms with Crippen molar-refractivity contribution in [3.8, 4) is 5.75 Å². The van der Waals surface area contributed by atoms with Crippen molar-refractivity contribution >= 4 is 23.5 Å². The van der Waals surface area contributed by atoms with E-state index in [0.29, 0.717) is 17.0 Å². The van der Waals surface area contributed by atoms with E-state index < -0.39 is 12.5 Å². The van der Waals surface area contributed by atoms with E-state index >= 15 is 0 Å². The largest absolute Gasteiger partial charge is 0.487 e. The zero-order valence-corrected chi connectivity index (χ0v) is 20.9. The van der Waals surface area contributed by atoms with Crippen LogP contribution in [-0.4, -0.2) is 40.6 Å². The lowest BCUT2D eigenvalue weighted by Gasteiger charge is -2.24. The minimum atomic E-state index is -1.09. The number of halogens is 2. The summed E-state index contributed by atoms with van der Waals surface area (Å²) in [5.41, 5.74) is 3.33. The Morgan fingerprint density at radius 3 is 2.50 bits per heavy atom. The zero-order valence-electron chi connectivity index (χ0n) is 20.2. The molecule has 36 heavy (non-hydrogen) atoms. The first-order chi connectivity index (χ1) is 17.2. The normalized spacial score (nSPS) is 16.3. The van der Waals surface area contributed by atoms with Gasteiger partial charge in [0.05, 0.1) is 0 Å². The average molecular weight is 510 g/mol. The SMILES string of the molecule is C[C@]1(Cc2ccc(Cl)cc2)Cc2cc(CCC(=O)N(CCc3ccccc3F)CC(=O)O)ccc2O1. The van der Waals surface area contributed by atoms with Gasteiger partial charge in [-0.3, -0.25) is 9.59 Å². The van der Waals surface area contributed by atoms with E-state index in [1.807, 2.05) is 36.4 Å². The molecule has 5 nitrogen and oxygen atoms in total. The van der Waals surface area contributed by atoms with Crippen molar-refractivity contribution in [1.82, 2.24) is 4.90 Å². The van der Waals surface area contributed by atoms with Crippen LogP contribution in [-0.2, 0) is 35.3 Å². The predicted molar refractivity (Wildman–Crippen MR) is 137 cm³/mol. The number of carboxylic acids is 1. The molecular weight excluding hydrogens is 481 g/mol. The Hall–Kier alpha value is -3.38. The van der Waals surface area contributed by atoms with Crippen molar-refractivity contribution < 1.29 is 23.8 Å². The number of rotatable bonds is 10. The van der Waals surface area contributed by atoms with E-state index in [-0.39, 0.29) is 36.7 Å². The van der Waals surface area contributed by atoms with Gasteiger partial charge in [0, 0.05) is 30.8 Å². The maximum absolute atomic E-state index is 13.9. The average Bonchev–Trinajstić information content (AvgIpc) is 3.17. The molecule has 0 spiro atoms. The van der Waals surface area contributed by atoms with Crippen LogP contribution in [0.25, 0.3) is 0 Å². The molecule has 0 saturated carbocycles. The van der Waals surface area contributed by atoms with E-state index in [1.165, 1.54) is 11.0 Å². The van der Waals surface area contributed by atoms with E-state index in [4.69, 9.17) is 16.3 Å². The van der Waals surface area contributed by atoms with Gasteiger partial charge in [-0.1, -0.05) is 54.1 Å². The number of amides is 1. The van der Waals surface area contributed by atoms with Gasteiger partial charge in [-0.15, -0.1) is 0 Å². The van der Waals surface area contributed by atoms with Crippen LogP contribution < -0.4 is 4.74 Å². The summed E-state index contributed by atoms with van der Waals surface area (Å²) in [6.07, 6.45) is 2.41. The molecule has 0 bridgehead atoms. The van der Waals surface area contributed by atoms with Gasteiger partial charge in [0.2, 0.25) is 5.91 Å². The van der Waals surface area contributed by atoms with E-state index in [1.54, 1.807) is 18.2 Å². The molecule has 0 aliphatic carbocycles. The topological polar surface area (TPSA) is 66.8 Å². The molecule has 1 heterocycles. The van der Waals surface area contributed by atoms with Crippen LogP contribution in [0.4, 0.5) is 4.39 Å². The third kappa shape index (κ3) is 6.64. The fourth-order valence-electron chi connectivity index (χ4n) is 4.68. The molecule has 4 rings (SSSR count). The van der Waals surface area contributed by atoms with Crippen molar-refractivity contribution in [3.05, 3.63) is 99.8 Å². The number of hydrogen-bond acceptors (Lipinski definition) is 3. The quantitative estimate of drug-likeness (QED) is 0.391. The van der Waals surface area contributed by atoms with Crippen LogP contribution in [0.5, 0.6) is 5.75 Å². The lowest BCUT2D eigenvalue weighted by Crippen LogP contribution is -2.37. The summed E-state index contributed by atoms with van der Waals surface area (Å²) in [5, 5.41) is 9.96. The maximum atomic E-state index is 13.9. The first-order valence-electron chi connectivity index (χ1n) is 12.0. The number of hydrogen-bond donors (Lipinski definition) is 1. The maximum Gasteiger partial charge on any atom is 0.323 e. The van der Waals surface area contributed by atoms with Gasteiger partial charge in [0.25, 0.3) is 0 Å². The number of aliphatic carboxylic acids is 1. The van der Waals surface area contributed by atoms with Gasteiger partial charge in [-0.2, -0.15) is 0 Å². The second-order valence-corrected chi connectivity index (χ2v) is 9.96. The summed E-state index contributed by atoms with van der Waals surface area (Å²) in [4.78, 5) is 25.5. The second kappa shape index (κ2) is 11.1. The molecule has 188 valence electrons. The highest BCUT2D eigenvalue weighted by molar-refractivity contribution is 6.30. The molecular formula is C29H29ClFNO4. The molecule has 0 fully saturated rings. The number of nitrogens with zero attached hydrogens (tertiary/aromatic N) is 1. The molecule has 0 saturated heterocycles. The van der Waals surface area contributed by atoms with Gasteiger partial charge in [0.1, 0.15) is 23.7 Å². The Balaban J connectivity index is 1.36. The highest BCUT2D eigenvalue weighted by atomic mass is 35.5. The molecule has 1 aliphatic heterocycles. The minimum Gasteiger partial charge on any atom is -0.487 e. The van der Waals surface area contributed by atoms with Crippen molar-refractivity contribution in [3.63, 3.8) is 0 Å². The van der Waals surface area contributed by atoms with Gasteiger partial charge in [-0.25, -0.2) is 4.39 Å². The Labute approximate surface area is 215 Å². The number of carboxylic acid groups (broad SMARTS) is 1. The van der Waals surface area contributed by atoms with Crippen LogP contribution in [0.15, 0.2) is 66.7 Å².